The number of nitrogens with zero attached hydrogens (tertiary/aromatic N) is 1. The first-order valence-electron chi connectivity index (χ1n) is 12.4. The molecular formula is C29H22FN3O5S2. The van der Waals surface area contributed by atoms with Gasteiger partial charge < -0.3 is 15.0 Å². The molecule has 11 heteroatoms. The third kappa shape index (κ3) is 4.82. The van der Waals surface area contributed by atoms with Gasteiger partial charge in [0.15, 0.2) is 6.61 Å². The van der Waals surface area contributed by atoms with Crippen LogP contribution in [0.25, 0.3) is 0 Å². The number of carbonyl (C=O) groups is 3. The smallest absolute Gasteiger partial charge is 0.305 e. The highest BCUT2D eigenvalue weighted by Gasteiger charge is 2.56. The third-order valence-corrected chi connectivity index (χ3v) is 9.23. The highest BCUT2D eigenvalue weighted by molar-refractivity contribution is 8.00. The fraction of sp³-hybridized carbons (Fsp3) is 0.172. The van der Waals surface area contributed by atoms with Gasteiger partial charge in [0.2, 0.25) is 11.8 Å². The lowest BCUT2D eigenvalue weighted by molar-refractivity contribution is -0.122. The molecule has 3 atom stereocenters. The predicted molar refractivity (Wildman–Crippen MR) is 151 cm³/mol. The molecule has 0 aliphatic carbocycles. The summed E-state index contributed by atoms with van der Waals surface area (Å²) in [4.78, 5) is 56.3. The molecule has 3 amide bonds. The van der Waals surface area contributed by atoms with Crippen molar-refractivity contribution in [3.8, 4) is 5.75 Å². The Bertz CT molecular complexity index is 1680. The standard InChI is InChI=1S/C29H22FN3O5S2/c1-15-5-9-18(10-6-15)31-21(34)14-38-20-4-2-3-16(13-20)22-23-25(39-26-24(22)40-29(37)32-26)28(36)33(27(23)35)19-11-7-17(30)8-12-19/h2-13,22-23,25H,14H2,1H3,(H,31,34)(H,32,37). The van der Waals surface area contributed by atoms with Crippen LogP contribution in [0.2, 0.25) is 0 Å². The number of carbonyl (C=O) groups excluding carboxylic acids is 3. The summed E-state index contributed by atoms with van der Waals surface area (Å²) in [7, 11) is 0. The van der Waals surface area contributed by atoms with Gasteiger partial charge in [0.1, 0.15) is 16.8 Å². The zero-order chi connectivity index (χ0) is 28.0. The van der Waals surface area contributed by atoms with E-state index in [1.807, 2.05) is 25.1 Å². The number of aromatic amines is 1. The minimum absolute atomic E-state index is 0.234. The Morgan fingerprint density at radius 3 is 2.52 bits per heavy atom. The Hall–Kier alpha value is -4.22. The second-order valence-electron chi connectivity index (χ2n) is 9.51. The number of aromatic nitrogens is 1. The van der Waals surface area contributed by atoms with E-state index in [1.54, 1.807) is 30.3 Å². The Morgan fingerprint density at radius 1 is 1.02 bits per heavy atom. The van der Waals surface area contributed by atoms with E-state index in [-0.39, 0.29) is 17.4 Å². The third-order valence-electron chi connectivity index (χ3n) is 6.83. The zero-order valence-electron chi connectivity index (χ0n) is 21.1. The van der Waals surface area contributed by atoms with Crippen LogP contribution in [0.3, 0.4) is 0 Å². The number of benzene rings is 3. The number of rotatable bonds is 6. The van der Waals surface area contributed by atoms with Crippen molar-refractivity contribution in [2.45, 2.75) is 23.1 Å². The van der Waals surface area contributed by atoms with E-state index in [2.05, 4.69) is 10.3 Å². The van der Waals surface area contributed by atoms with Crippen LogP contribution in [0.4, 0.5) is 15.8 Å². The van der Waals surface area contributed by atoms with Crippen LogP contribution in [-0.2, 0) is 14.4 Å². The van der Waals surface area contributed by atoms with Crippen LogP contribution in [0, 0.1) is 18.7 Å². The summed E-state index contributed by atoms with van der Waals surface area (Å²) in [6, 6.07) is 19.6. The monoisotopic (exact) mass is 575 g/mol. The topological polar surface area (TPSA) is 109 Å². The maximum atomic E-state index is 13.8. The Balaban J connectivity index is 1.28. The number of H-pyrrole nitrogens is 1. The molecule has 0 bridgehead atoms. The highest BCUT2D eigenvalue weighted by atomic mass is 32.2. The van der Waals surface area contributed by atoms with Crippen molar-refractivity contribution in [1.82, 2.24) is 4.98 Å². The first-order chi connectivity index (χ1) is 19.3. The summed E-state index contributed by atoms with van der Waals surface area (Å²) in [5.41, 5.74) is 2.70. The van der Waals surface area contributed by atoms with Gasteiger partial charge in [0, 0.05) is 16.5 Å². The molecule has 8 nitrogen and oxygen atoms in total. The minimum Gasteiger partial charge on any atom is -0.484 e. The van der Waals surface area contributed by atoms with Crippen molar-refractivity contribution >= 4 is 52.2 Å². The van der Waals surface area contributed by atoms with Gasteiger partial charge in [0.05, 0.1) is 16.6 Å². The van der Waals surface area contributed by atoms with Crippen LogP contribution >= 0.6 is 23.1 Å². The first kappa shape index (κ1) is 26.0. The van der Waals surface area contributed by atoms with Crippen LogP contribution in [0.5, 0.6) is 5.75 Å². The van der Waals surface area contributed by atoms with E-state index in [1.165, 1.54) is 24.3 Å². The van der Waals surface area contributed by atoms with Gasteiger partial charge >= 0.3 is 4.87 Å². The number of ether oxygens (including phenoxy) is 1. The number of thioether (sulfide) groups is 1. The Kier molecular flexibility index (Phi) is 6.77. The lowest BCUT2D eigenvalue weighted by atomic mass is 9.83. The van der Waals surface area contributed by atoms with Crippen molar-refractivity contribution in [3.05, 3.63) is 104 Å². The molecule has 40 heavy (non-hydrogen) atoms. The van der Waals surface area contributed by atoms with Gasteiger partial charge in [0.25, 0.3) is 5.91 Å². The van der Waals surface area contributed by atoms with Crippen LogP contribution < -0.4 is 19.8 Å². The Morgan fingerprint density at radius 2 is 1.77 bits per heavy atom. The van der Waals surface area contributed by atoms with E-state index >= 15 is 0 Å². The summed E-state index contributed by atoms with van der Waals surface area (Å²) in [5, 5.41) is 2.56. The zero-order valence-corrected chi connectivity index (χ0v) is 22.7. The molecular weight excluding hydrogens is 553 g/mol. The first-order valence-corrected chi connectivity index (χ1v) is 14.1. The minimum atomic E-state index is -0.790. The fourth-order valence-electron chi connectivity index (χ4n) is 5.00. The molecule has 0 spiro atoms. The quantitative estimate of drug-likeness (QED) is 0.323. The number of hydrogen-bond donors (Lipinski definition) is 2. The van der Waals surface area contributed by atoms with Crippen molar-refractivity contribution < 1.29 is 23.5 Å². The predicted octanol–water partition coefficient (Wildman–Crippen LogP) is 4.70. The second-order valence-corrected chi connectivity index (χ2v) is 11.7. The van der Waals surface area contributed by atoms with E-state index < -0.39 is 34.7 Å². The SMILES string of the molecule is Cc1ccc(NC(=O)COc2cccc(C3c4sc(=O)[nH]c4SC4C(=O)N(c5ccc(F)cc5)C(=O)C43)c2)cc1. The second kappa shape index (κ2) is 10.4. The van der Waals surface area contributed by atoms with E-state index in [4.69, 9.17) is 4.74 Å². The van der Waals surface area contributed by atoms with Gasteiger partial charge in [-0.05, 0) is 61.0 Å². The van der Waals surface area contributed by atoms with Crippen molar-refractivity contribution in [2.75, 3.05) is 16.8 Å². The number of anilines is 2. The lowest BCUT2D eigenvalue weighted by Gasteiger charge is -2.30. The highest BCUT2D eigenvalue weighted by Crippen LogP contribution is 2.53. The molecule has 1 fully saturated rings. The Labute approximate surface area is 236 Å². The van der Waals surface area contributed by atoms with Crippen LogP contribution in [0.1, 0.15) is 21.9 Å². The largest absolute Gasteiger partial charge is 0.484 e. The van der Waals surface area contributed by atoms with E-state index in [0.717, 1.165) is 33.6 Å². The summed E-state index contributed by atoms with van der Waals surface area (Å²) >= 11 is 2.17. The van der Waals surface area contributed by atoms with E-state index in [9.17, 15) is 23.6 Å². The molecule has 3 aromatic carbocycles. The van der Waals surface area contributed by atoms with Crippen molar-refractivity contribution in [3.63, 3.8) is 0 Å². The molecule has 3 heterocycles. The maximum Gasteiger partial charge on any atom is 0.305 e. The lowest BCUT2D eigenvalue weighted by Crippen LogP contribution is -2.32. The van der Waals surface area contributed by atoms with Gasteiger partial charge in [-0.3, -0.25) is 19.2 Å². The fourth-order valence-corrected chi connectivity index (χ4v) is 7.52. The summed E-state index contributed by atoms with van der Waals surface area (Å²) in [6.07, 6.45) is 0. The molecule has 202 valence electrons. The average molecular weight is 576 g/mol. The van der Waals surface area contributed by atoms with Gasteiger partial charge in [-0.1, -0.05) is 52.9 Å². The number of nitrogens with one attached hydrogen (secondary N) is 2. The molecule has 2 aliphatic heterocycles. The molecule has 2 aliphatic rings. The molecule has 0 radical (unpaired) electrons. The molecule has 6 rings (SSSR count). The number of amides is 3. The normalized spacial score (nSPS) is 19.8. The summed E-state index contributed by atoms with van der Waals surface area (Å²) < 4.78 is 19.3. The molecule has 1 saturated heterocycles. The maximum absolute atomic E-state index is 13.8. The van der Waals surface area contributed by atoms with Gasteiger partial charge in [-0.2, -0.15) is 0 Å². The van der Waals surface area contributed by atoms with Crippen LogP contribution in [-0.4, -0.2) is 34.6 Å². The number of aryl methyl sites for hydroxylation is 1. The molecule has 0 saturated carbocycles. The van der Waals surface area contributed by atoms with Crippen molar-refractivity contribution in [1.29, 1.82) is 0 Å². The van der Waals surface area contributed by atoms with Gasteiger partial charge in [-0.15, -0.1) is 0 Å². The summed E-state index contributed by atoms with van der Waals surface area (Å²) in [6.45, 7) is 1.72. The molecule has 2 N–H and O–H groups in total. The molecule has 1 aromatic heterocycles. The number of thiazole rings is 1. The van der Waals surface area contributed by atoms with Gasteiger partial charge in [-0.25, -0.2) is 9.29 Å². The number of imide groups is 1. The molecule has 4 aromatic rings. The average Bonchev–Trinajstić information content (AvgIpc) is 3.43. The number of hydrogen-bond acceptors (Lipinski definition) is 7. The number of fused-ring (bicyclic) bond motifs is 2. The number of halogens is 1. The summed E-state index contributed by atoms with van der Waals surface area (Å²) in [5.74, 6) is -2.64. The van der Waals surface area contributed by atoms with Crippen LogP contribution in [0.15, 0.2) is 82.6 Å². The van der Waals surface area contributed by atoms with E-state index in [0.29, 0.717) is 32.6 Å². The van der Waals surface area contributed by atoms with Crippen molar-refractivity contribution in [2.24, 2.45) is 5.92 Å². The molecule has 3 unspecified atom stereocenters.